The lowest BCUT2D eigenvalue weighted by Gasteiger charge is -2.12. The molecule has 26 heavy (non-hydrogen) atoms. The lowest BCUT2D eigenvalue weighted by Crippen LogP contribution is -1.98. The molecule has 10 heteroatoms. The summed E-state index contributed by atoms with van der Waals surface area (Å²) in [5.41, 5.74) is 0.120. The van der Waals surface area contributed by atoms with Crippen molar-refractivity contribution in [3.05, 3.63) is 50.8 Å². The Balaban J connectivity index is 2.18. The number of halogens is 2. The normalized spacial score (nSPS) is 10.6. The van der Waals surface area contributed by atoms with Gasteiger partial charge < -0.3 is 14.2 Å². The fourth-order valence-corrected chi connectivity index (χ4v) is 2.64. The number of nitro groups is 1. The van der Waals surface area contributed by atoms with Gasteiger partial charge in [0.15, 0.2) is 11.5 Å². The molecule has 0 aliphatic heterocycles. The zero-order valence-corrected chi connectivity index (χ0v) is 15.0. The maximum absolute atomic E-state index is 11.3. The highest BCUT2D eigenvalue weighted by atomic mass is 35.5. The first-order chi connectivity index (χ1) is 12.4. The Hall–Kier alpha value is -2.84. The Kier molecular flexibility index (Phi) is 4.97. The number of aromatic nitrogens is 2. The molecule has 8 nitrogen and oxygen atoms in total. The zero-order valence-electron chi connectivity index (χ0n) is 13.5. The van der Waals surface area contributed by atoms with Gasteiger partial charge in [0, 0.05) is 17.2 Å². The molecule has 0 fully saturated rings. The zero-order chi connectivity index (χ0) is 18.8. The molecule has 0 spiro atoms. The van der Waals surface area contributed by atoms with Crippen molar-refractivity contribution in [3.63, 3.8) is 0 Å². The Bertz CT molecular complexity index is 1010. The molecule has 2 aromatic carbocycles. The van der Waals surface area contributed by atoms with Gasteiger partial charge in [-0.25, -0.2) is 4.98 Å². The summed E-state index contributed by atoms with van der Waals surface area (Å²) in [6, 6.07) is 7.24. The second kappa shape index (κ2) is 7.19. The topological polar surface area (TPSA) is 96.6 Å². The first-order valence-corrected chi connectivity index (χ1v) is 7.89. The van der Waals surface area contributed by atoms with Crippen LogP contribution in [0.4, 0.5) is 5.69 Å². The predicted molar refractivity (Wildman–Crippen MR) is 95.8 cm³/mol. The fraction of sp³-hybridized carbons (Fsp3) is 0.125. The lowest BCUT2D eigenvalue weighted by atomic mass is 10.2. The van der Waals surface area contributed by atoms with Gasteiger partial charge in [-0.05, 0) is 29.8 Å². The molecule has 0 aliphatic carbocycles. The summed E-state index contributed by atoms with van der Waals surface area (Å²) in [6.45, 7) is 0. The van der Waals surface area contributed by atoms with Crippen LogP contribution in [0.3, 0.4) is 0 Å². The third kappa shape index (κ3) is 3.42. The Labute approximate surface area is 157 Å². The van der Waals surface area contributed by atoms with Crippen LogP contribution in [0.2, 0.25) is 10.3 Å². The molecule has 0 radical (unpaired) electrons. The number of nitro benzene ring substituents is 1. The van der Waals surface area contributed by atoms with Crippen molar-refractivity contribution in [3.8, 4) is 23.1 Å². The van der Waals surface area contributed by atoms with Crippen molar-refractivity contribution in [2.24, 2.45) is 0 Å². The van der Waals surface area contributed by atoms with Gasteiger partial charge in [-0.1, -0.05) is 11.6 Å². The summed E-state index contributed by atoms with van der Waals surface area (Å²) < 4.78 is 16.2. The average Bonchev–Trinajstić information content (AvgIpc) is 2.61. The van der Waals surface area contributed by atoms with Crippen LogP contribution in [-0.2, 0) is 0 Å². The standard InChI is InChI=1S/C16H11Cl2N3O5/c1-24-13-6-9-10(7-14(13)25-2)19-16(18)20-15(9)26-12-4-3-8(17)5-11(12)21(22)23/h3-7H,1-2H3. The van der Waals surface area contributed by atoms with Crippen LogP contribution in [0.5, 0.6) is 23.1 Å². The minimum Gasteiger partial charge on any atom is -0.493 e. The number of methoxy groups -OCH3 is 2. The van der Waals surface area contributed by atoms with Gasteiger partial charge in [0.25, 0.3) is 0 Å². The van der Waals surface area contributed by atoms with Crippen molar-refractivity contribution < 1.29 is 19.1 Å². The average molecular weight is 396 g/mol. The van der Waals surface area contributed by atoms with Crippen LogP contribution < -0.4 is 14.2 Å². The molecule has 3 rings (SSSR count). The molecular formula is C16H11Cl2N3O5. The summed E-state index contributed by atoms with van der Waals surface area (Å²) in [7, 11) is 2.96. The molecule has 0 unspecified atom stereocenters. The number of hydrogen-bond acceptors (Lipinski definition) is 7. The monoisotopic (exact) mass is 395 g/mol. The van der Waals surface area contributed by atoms with E-state index in [2.05, 4.69) is 9.97 Å². The van der Waals surface area contributed by atoms with Crippen LogP contribution in [-0.4, -0.2) is 29.1 Å². The fourth-order valence-electron chi connectivity index (χ4n) is 2.30. The summed E-state index contributed by atoms with van der Waals surface area (Å²) >= 11 is 11.8. The van der Waals surface area contributed by atoms with Gasteiger partial charge in [-0.3, -0.25) is 10.1 Å². The minimum absolute atomic E-state index is 0.0337. The van der Waals surface area contributed by atoms with Crippen molar-refractivity contribution >= 4 is 39.8 Å². The first kappa shape index (κ1) is 18.0. The molecule has 0 bridgehead atoms. The Morgan fingerprint density at radius 1 is 1.00 bits per heavy atom. The maximum Gasteiger partial charge on any atom is 0.313 e. The summed E-state index contributed by atoms with van der Waals surface area (Å²) in [6.07, 6.45) is 0. The molecule has 0 amide bonds. The molecule has 134 valence electrons. The highest BCUT2D eigenvalue weighted by Crippen LogP contribution is 2.39. The number of fused-ring (bicyclic) bond motifs is 1. The molecule has 0 saturated carbocycles. The van der Waals surface area contributed by atoms with Crippen molar-refractivity contribution in [1.82, 2.24) is 9.97 Å². The van der Waals surface area contributed by atoms with E-state index in [9.17, 15) is 10.1 Å². The van der Waals surface area contributed by atoms with Crippen LogP contribution in [0, 0.1) is 10.1 Å². The van der Waals surface area contributed by atoms with E-state index in [1.807, 2.05) is 0 Å². The van der Waals surface area contributed by atoms with Gasteiger partial charge >= 0.3 is 5.69 Å². The van der Waals surface area contributed by atoms with E-state index in [1.54, 1.807) is 12.1 Å². The smallest absolute Gasteiger partial charge is 0.313 e. The first-order valence-electron chi connectivity index (χ1n) is 7.14. The second-order valence-electron chi connectivity index (χ2n) is 4.99. The van der Waals surface area contributed by atoms with E-state index in [0.717, 1.165) is 0 Å². The van der Waals surface area contributed by atoms with Crippen LogP contribution in [0.25, 0.3) is 10.9 Å². The van der Waals surface area contributed by atoms with E-state index in [4.69, 9.17) is 37.4 Å². The number of benzene rings is 2. The SMILES string of the molecule is COc1cc2nc(Cl)nc(Oc3ccc(Cl)cc3[N+](=O)[O-])c2cc1OC. The number of ether oxygens (including phenoxy) is 3. The van der Waals surface area contributed by atoms with Gasteiger partial charge in [0.2, 0.25) is 16.9 Å². The van der Waals surface area contributed by atoms with E-state index >= 15 is 0 Å². The number of hydrogen-bond donors (Lipinski definition) is 0. The highest BCUT2D eigenvalue weighted by molar-refractivity contribution is 6.30. The molecule has 0 aliphatic rings. The number of rotatable bonds is 5. The molecule has 0 atom stereocenters. The quantitative estimate of drug-likeness (QED) is 0.352. The van der Waals surface area contributed by atoms with Gasteiger partial charge in [0.1, 0.15) is 0 Å². The van der Waals surface area contributed by atoms with Gasteiger partial charge in [0.05, 0.1) is 30.0 Å². The summed E-state index contributed by atoms with van der Waals surface area (Å²) in [4.78, 5) is 18.8. The van der Waals surface area contributed by atoms with Crippen LogP contribution in [0.15, 0.2) is 30.3 Å². The largest absolute Gasteiger partial charge is 0.493 e. The molecule has 3 aromatic rings. The van der Waals surface area contributed by atoms with E-state index in [0.29, 0.717) is 22.4 Å². The van der Waals surface area contributed by atoms with Crippen molar-refractivity contribution in [2.75, 3.05) is 14.2 Å². The molecule has 0 N–H and O–H groups in total. The lowest BCUT2D eigenvalue weighted by molar-refractivity contribution is -0.385. The second-order valence-corrected chi connectivity index (χ2v) is 5.77. The minimum atomic E-state index is -0.601. The van der Waals surface area contributed by atoms with Crippen molar-refractivity contribution in [1.29, 1.82) is 0 Å². The summed E-state index contributed by atoms with van der Waals surface area (Å²) in [5.74, 6) is 0.858. The van der Waals surface area contributed by atoms with E-state index in [1.165, 1.54) is 32.4 Å². The van der Waals surface area contributed by atoms with Crippen LogP contribution >= 0.6 is 23.2 Å². The summed E-state index contributed by atoms with van der Waals surface area (Å²) in [5, 5.41) is 11.8. The third-order valence-corrected chi connectivity index (χ3v) is 3.87. The molecular weight excluding hydrogens is 385 g/mol. The molecule has 0 saturated heterocycles. The van der Waals surface area contributed by atoms with Crippen LogP contribution in [0.1, 0.15) is 0 Å². The predicted octanol–water partition coefficient (Wildman–Crippen LogP) is 4.65. The van der Waals surface area contributed by atoms with E-state index < -0.39 is 4.92 Å². The number of nitrogens with zero attached hydrogens (tertiary/aromatic N) is 3. The van der Waals surface area contributed by atoms with Gasteiger partial charge in [-0.15, -0.1) is 0 Å². The van der Waals surface area contributed by atoms with Crippen molar-refractivity contribution in [2.45, 2.75) is 0 Å². The van der Waals surface area contributed by atoms with Gasteiger partial charge in [-0.2, -0.15) is 4.98 Å². The molecule has 1 heterocycles. The molecule has 1 aromatic heterocycles. The highest BCUT2D eigenvalue weighted by Gasteiger charge is 2.20. The van der Waals surface area contributed by atoms with E-state index in [-0.39, 0.29) is 27.6 Å². The Morgan fingerprint density at radius 2 is 1.69 bits per heavy atom. The Morgan fingerprint density at radius 3 is 2.35 bits per heavy atom. The third-order valence-electron chi connectivity index (χ3n) is 3.46. The maximum atomic E-state index is 11.3.